The molecule has 0 aromatic heterocycles. The minimum absolute atomic E-state index is 0.0411. The van der Waals surface area contributed by atoms with Gasteiger partial charge in [-0.2, -0.15) is 13.2 Å². The van der Waals surface area contributed by atoms with Gasteiger partial charge < -0.3 is 0 Å². The number of carbonyl (C=O) groups excluding carboxylic acids is 1. The van der Waals surface area contributed by atoms with E-state index in [-0.39, 0.29) is 11.3 Å². The number of hydrogen-bond donors (Lipinski definition) is 0. The van der Waals surface area contributed by atoms with Crippen LogP contribution in [0.4, 0.5) is 13.2 Å². The molecule has 0 atom stereocenters. The lowest BCUT2D eigenvalue weighted by Crippen LogP contribution is -2.11. The lowest BCUT2D eigenvalue weighted by Gasteiger charge is -2.07. The smallest absolute Gasteiger partial charge is 0.295 e. The van der Waals surface area contributed by atoms with Crippen molar-refractivity contribution < 1.29 is 18.0 Å². The average molecular weight is 270 g/mol. The fourth-order valence-electron chi connectivity index (χ4n) is 1.76. The minimum Gasteiger partial charge on any atom is -0.295 e. The minimum atomic E-state index is -4.19. The first kappa shape index (κ1) is 15.5. The second-order valence-corrected chi connectivity index (χ2v) is 4.53. The summed E-state index contributed by atoms with van der Waals surface area (Å²) in [4.78, 5) is 11.5. The van der Waals surface area contributed by atoms with Crippen LogP contribution in [0.2, 0.25) is 0 Å². The maximum atomic E-state index is 12.2. The number of rotatable bonds is 5. The highest BCUT2D eigenvalue weighted by Gasteiger charge is 2.27. The largest absolute Gasteiger partial charge is 0.393 e. The van der Waals surface area contributed by atoms with Gasteiger partial charge in [-0.3, -0.25) is 4.79 Å². The highest BCUT2D eigenvalue weighted by Crippen LogP contribution is 2.22. The van der Waals surface area contributed by atoms with Gasteiger partial charge in [0.25, 0.3) is 0 Å². The lowest BCUT2D eigenvalue weighted by molar-refractivity contribution is -0.127. The zero-order valence-electron chi connectivity index (χ0n) is 11.1. The number of ketones is 1. The summed E-state index contributed by atoms with van der Waals surface area (Å²) in [6, 6.07) is 6.13. The standard InChI is InChI=1S/C15H17F3O/c1-3-4-14(19)9-11(2)13-7-5-12(6-8-13)10-15(16,17)18/h5-9H,3-4,10H2,1-2H3/b11-9+. The highest BCUT2D eigenvalue weighted by atomic mass is 19.4. The number of alkyl halides is 3. The Balaban J connectivity index is 2.78. The maximum Gasteiger partial charge on any atom is 0.393 e. The third-order valence-electron chi connectivity index (χ3n) is 2.69. The molecule has 0 aliphatic rings. The molecule has 104 valence electrons. The Morgan fingerprint density at radius 3 is 2.26 bits per heavy atom. The van der Waals surface area contributed by atoms with E-state index in [1.54, 1.807) is 25.1 Å². The molecule has 0 unspecified atom stereocenters. The molecule has 4 heteroatoms. The van der Waals surface area contributed by atoms with Crippen LogP contribution in [0.3, 0.4) is 0 Å². The van der Waals surface area contributed by atoms with E-state index in [2.05, 4.69) is 0 Å². The molecule has 0 bridgehead atoms. The molecule has 0 heterocycles. The van der Waals surface area contributed by atoms with E-state index in [1.807, 2.05) is 6.92 Å². The number of carbonyl (C=O) groups is 1. The lowest BCUT2D eigenvalue weighted by atomic mass is 10.0. The summed E-state index contributed by atoms with van der Waals surface area (Å²) in [6.45, 7) is 3.71. The Morgan fingerprint density at radius 1 is 1.21 bits per heavy atom. The Morgan fingerprint density at radius 2 is 1.79 bits per heavy atom. The molecule has 0 aliphatic carbocycles. The van der Waals surface area contributed by atoms with Crippen molar-refractivity contribution in [2.24, 2.45) is 0 Å². The number of benzene rings is 1. The predicted octanol–water partition coefficient (Wildman–Crippen LogP) is 4.56. The average Bonchev–Trinajstić information content (AvgIpc) is 2.27. The van der Waals surface area contributed by atoms with Crippen LogP contribution in [0.5, 0.6) is 0 Å². The first-order valence-electron chi connectivity index (χ1n) is 6.19. The summed E-state index contributed by atoms with van der Waals surface area (Å²) in [7, 11) is 0. The van der Waals surface area contributed by atoms with Crippen molar-refractivity contribution in [2.45, 2.75) is 39.3 Å². The van der Waals surface area contributed by atoms with Gasteiger partial charge in [-0.05, 0) is 36.1 Å². The fourth-order valence-corrected chi connectivity index (χ4v) is 1.76. The van der Waals surface area contributed by atoms with Crippen LogP contribution in [0.15, 0.2) is 30.3 Å². The number of allylic oxidation sites excluding steroid dienone is 2. The summed E-state index contributed by atoms with van der Waals surface area (Å²) in [5.41, 5.74) is 1.77. The third kappa shape index (κ3) is 5.73. The van der Waals surface area contributed by atoms with Crippen LogP contribution in [-0.2, 0) is 11.2 Å². The Bertz CT molecular complexity index is 455. The Labute approximate surface area is 111 Å². The topological polar surface area (TPSA) is 17.1 Å². The molecule has 1 rings (SSSR count). The molecule has 0 aliphatic heterocycles. The van der Waals surface area contributed by atoms with Gasteiger partial charge in [0, 0.05) is 6.42 Å². The molecule has 0 spiro atoms. The third-order valence-corrected chi connectivity index (χ3v) is 2.69. The zero-order valence-corrected chi connectivity index (χ0v) is 11.1. The van der Waals surface area contributed by atoms with E-state index < -0.39 is 12.6 Å². The molecule has 0 radical (unpaired) electrons. The van der Waals surface area contributed by atoms with E-state index in [1.165, 1.54) is 12.1 Å². The van der Waals surface area contributed by atoms with Crippen LogP contribution >= 0.6 is 0 Å². The molecule has 0 N–H and O–H groups in total. The predicted molar refractivity (Wildman–Crippen MR) is 69.8 cm³/mol. The molecule has 0 saturated carbocycles. The van der Waals surface area contributed by atoms with E-state index >= 15 is 0 Å². The van der Waals surface area contributed by atoms with Gasteiger partial charge in [0.1, 0.15) is 0 Å². The first-order chi connectivity index (χ1) is 8.81. The van der Waals surface area contributed by atoms with Gasteiger partial charge in [0.2, 0.25) is 0 Å². The molecule has 0 amide bonds. The molecule has 1 aromatic rings. The van der Waals surface area contributed by atoms with Gasteiger partial charge in [-0.1, -0.05) is 31.2 Å². The monoisotopic (exact) mass is 270 g/mol. The second kappa shape index (κ2) is 6.55. The normalized spacial score (nSPS) is 12.6. The zero-order chi connectivity index (χ0) is 14.5. The van der Waals surface area contributed by atoms with E-state index in [0.29, 0.717) is 6.42 Å². The fraction of sp³-hybridized carbons (Fsp3) is 0.400. The number of halogens is 3. The van der Waals surface area contributed by atoms with Gasteiger partial charge in [0.15, 0.2) is 5.78 Å². The van der Waals surface area contributed by atoms with Crippen LogP contribution in [0.25, 0.3) is 5.57 Å². The van der Waals surface area contributed by atoms with Crippen molar-refractivity contribution in [1.29, 1.82) is 0 Å². The van der Waals surface area contributed by atoms with Crippen LogP contribution < -0.4 is 0 Å². The van der Waals surface area contributed by atoms with Crippen molar-refractivity contribution in [3.05, 3.63) is 41.5 Å². The van der Waals surface area contributed by atoms with Gasteiger partial charge in [0.05, 0.1) is 6.42 Å². The van der Waals surface area contributed by atoms with E-state index in [0.717, 1.165) is 17.6 Å². The van der Waals surface area contributed by atoms with Crippen molar-refractivity contribution in [1.82, 2.24) is 0 Å². The van der Waals surface area contributed by atoms with Crippen molar-refractivity contribution in [3.8, 4) is 0 Å². The molecule has 1 nitrogen and oxygen atoms in total. The molecule has 1 aromatic carbocycles. The number of hydrogen-bond acceptors (Lipinski definition) is 1. The summed E-state index contributed by atoms with van der Waals surface area (Å²) >= 11 is 0. The van der Waals surface area contributed by atoms with Gasteiger partial charge >= 0.3 is 6.18 Å². The van der Waals surface area contributed by atoms with Crippen LogP contribution in [0.1, 0.15) is 37.8 Å². The maximum absolute atomic E-state index is 12.2. The quantitative estimate of drug-likeness (QED) is 0.717. The molecule has 0 saturated heterocycles. The summed E-state index contributed by atoms with van der Waals surface area (Å²) in [6.07, 6.45) is -2.30. The molecular formula is C15H17F3O. The molecule has 0 fully saturated rings. The summed E-state index contributed by atoms with van der Waals surface area (Å²) < 4.78 is 36.6. The van der Waals surface area contributed by atoms with E-state index in [9.17, 15) is 18.0 Å². The Hall–Kier alpha value is -1.58. The molecule has 19 heavy (non-hydrogen) atoms. The van der Waals surface area contributed by atoms with Crippen molar-refractivity contribution in [2.75, 3.05) is 0 Å². The highest BCUT2D eigenvalue weighted by molar-refractivity contribution is 5.96. The Kier molecular flexibility index (Phi) is 5.33. The van der Waals surface area contributed by atoms with Crippen molar-refractivity contribution in [3.63, 3.8) is 0 Å². The van der Waals surface area contributed by atoms with Crippen LogP contribution in [-0.4, -0.2) is 12.0 Å². The summed E-state index contributed by atoms with van der Waals surface area (Å²) in [5, 5.41) is 0. The second-order valence-electron chi connectivity index (χ2n) is 4.53. The van der Waals surface area contributed by atoms with Crippen LogP contribution in [0, 0.1) is 0 Å². The van der Waals surface area contributed by atoms with Crippen molar-refractivity contribution >= 4 is 11.4 Å². The van der Waals surface area contributed by atoms with E-state index in [4.69, 9.17) is 0 Å². The SMILES string of the molecule is CCCC(=O)/C=C(\C)c1ccc(CC(F)(F)F)cc1. The summed E-state index contributed by atoms with van der Waals surface area (Å²) in [5.74, 6) is 0.0411. The molecular weight excluding hydrogens is 253 g/mol. The van der Waals surface area contributed by atoms with Gasteiger partial charge in [-0.15, -0.1) is 0 Å². The van der Waals surface area contributed by atoms with Gasteiger partial charge in [-0.25, -0.2) is 0 Å². The first-order valence-corrected chi connectivity index (χ1v) is 6.19.